The zero-order chi connectivity index (χ0) is 29.1. The van der Waals surface area contributed by atoms with E-state index in [-0.39, 0.29) is 0 Å². The molecule has 9 rings (SSSR count). The molecule has 8 aromatic rings. The fourth-order valence-electron chi connectivity index (χ4n) is 6.67. The predicted octanol–water partition coefficient (Wildman–Crippen LogP) is 10.7. The van der Waals surface area contributed by atoms with Crippen molar-refractivity contribution >= 4 is 97.1 Å². The van der Waals surface area contributed by atoms with Gasteiger partial charge in [-0.2, -0.15) is 0 Å². The van der Waals surface area contributed by atoms with E-state index in [0.29, 0.717) is 0 Å². The quantitative estimate of drug-likeness (QED) is 0.186. The molecule has 3 heterocycles. The number of thiophene rings is 2. The Bertz CT molecular complexity index is 2410. The van der Waals surface area contributed by atoms with E-state index in [0.717, 1.165) is 5.46 Å². The molecule has 1 aliphatic heterocycles. The Morgan fingerprint density at radius 3 is 1.74 bits per heavy atom. The van der Waals surface area contributed by atoms with E-state index in [1.165, 1.54) is 73.0 Å². The zero-order valence-electron chi connectivity index (χ0n) is 24.5. The van der Waals surface area contributed by atoms with Crippen LogP contribution in [0, 0.1) is 0 Å². The minimum absolute atomic E-state index is 0.415. The molecule has 0 amide bonds. The Balaban J connectivity index is 1.27. The number of hydrogen-bond donors (Lipinski definition) is 0. The molecule has 6 aromatic carbocycles. The summed E-state index contributed by atoms with van der Waals surface area (Å²) in [6, 6.07) is 38.2. The molecule has 0 spiro atoms. The Labute approximate surface area is 258 Å². The van der Waals surface area contributed by atoms with Gasteiger partial charge in [-0.3, -0.25) is 0 Å². The second kappa shape index (κ2) is 8.90. The van der Waals surface area contributed by atoms with E-state index in [1.807, 2.05) is 22.7 Å². The first-order valence-corrected chi connectivity index (χ1v) is 16.5. The van der Waals surface area contributed by atoms with Crippen LogP contribution in [-0.2, 0) is 9.31 Å². The average molecular weight is 593 g/mol. The van der Waals surface area contributed by atoms with Crippen LogP contribution in [-0.4, -0.2) is 18.3 Å². The molecule has 0 saturated carbocycles. The third-order valence-corrected chi connectivity index (χ3v) is 11.9. The third kappa shape index (κ3) is 3.79. The van der Waals surface area contributed by atoms with Crippen LogP contribution in [0.3, 0.4) is 0 Å². The topological polar surface area (TPSA) is 18.5 Å². The Morgan fingerprint density at radius 2 is 1.02 bits per heavy atom. The minimum Gasteiger partial charge on any atom is -0.399 e. The zero-order valence-corrected chi connectivity index (χ0v) is 26.2. The first-order valence-electron chi connectivity index (χ1n) is 14.8. The lowest BCUT2D eigenvalue weighted by Crippen LogP contribution is -2.41. The van der Waals surface area contributed by atoms with E-state index in [2.05, 4.69) is 131 Å². The summed E-state index contributed by atoms with van der Waals surface area (Å²) in [4.78, 5) is 0. The lowest BCUT2D eigenvalue weighted by atomic mass is 9.73. The summed E-state index contributed by atoms with van der Waals surface area (Å²) in [5.74, 6) is 0. The van der Waals surface area contributed by atoms with Gasteiger partial charge in [-0.15, -0.1) is 22.7 Å². The second-order valence-corrected chi connectivity index (χ2v) is 15.0. The maximum absolute atomic E-state index is 6.69. The van der Waals surface area contributed by atoms with Crippen LogP contribution < -0.4 is 5.46 Å². The van der Waals surface area contributed by atoms with Crippen LogP contribution >= 0.6 is 22.7 Å². The monoisotopic (exact) mass is 592 g/mol. The molecular formula is C38H29BO2S2. The third-order valence-electron chi connectivity index (χ3n) is 9.68. The average Bonchev–Trinajstić information content (AvgIpc) is 3.61. The van der Waals surface area contributed by atoms with Crippen molar-refractivity contribution in [1.29, 1.82) is 0 Å². The van der Waals surface area contributed by atoms with Crippen molar-refractivity contribution in [1.82, 2.24) is 0 Å². The van der Waals surface area contributed by atoms with Gasteiger partial charge in [-0.1, -0.05) is 60.7 Å². The summed E-state index contributed by atoms with van der Waals surface area (Å²) in [7, 11) is -0.441. The molecule has 2 aromatic heterocycles. The molecule has 0 unspecified atom stereocenters. The fraction of sp³-hybridized carbons (Fsp3) is 0.158. The summed E-state index contributed by atoms with van der Waals surface area (Å²) in [6.07, 6.45) is 0. The maximum atomic E-state index is 6.69. The highest BCUT2D eigenvalue weighted by Crippen LogP contribution is 2.43. The Kier molecular flexibility index (Phi) is 5.33. The number of benzene rings is 6. The van der Waals surface area contributed by atoms with Gasteiger partial charge in [0.25, 0.3) is 0 Å². The Hall–Kier alpha value is -3.74. The van der Waals surface area contributed by atoms with E-state index in [1.54, 1.807) is 0 Å². The van der Waals surface area contributed by atoms with Crippen LogP contribution in [0.15, 0.2) is 103 Å². The number of hydrogen-bond acceptors (Lipinski definition) is 4. The van der Waals surface area contributed by atoms with Crippen LogP contribution in [0.25, 0.3) is 73.0 Å². The molecule has 0 N–H and O–H groups in total. The molecular weight excluding hydrogens is 563 g/mol. The number of fused-ring (bicyclic) bond motifs is 8. The van der Waals surface area contributed by atoms with Gasteiger partial charge in [-0.25, -0.2) is 0 Å². The maximum Gasteiger partial charge on any atom is 0.496 e. The molecule has 43 heavy (non-hydrogen) atoms. The van der Waals surface area contributed by atoms with Crippen molar-refractivity contribution in [3.63, 3.8) is 0 Å². The molecule has 0 bridgehead atoms. The van der Waals surface area contributed by atoms with Gasteiger partial charge in [0.2, 0.25) is 0 Å². The molecule has 208 valence electrons. The largest absolute Gasteiger partial charge is 0.496 e. The molecule has 0 atom stereocenters. The van der Waals surface area contributed by atoms with E-state index < -0.39 is 18.3 Å². The molecule has 5 heteroatoms. The van der Waals surface area contributed by atoms with Crippen LogP contribution in [0.4, 0.5) is 0 Å². The van der Waals surface area contributed by atoms with Gasteiger partial charge in [-0.05, 0) is 108 Å². The van der Waals surface area contributed by atoms with E-state index in [4.69, 9.17) is 9.31 Å². The summed E-state index contributed by atoms with van der Waals surface area (Å²) in [5, 5.41) is 10.1. The first-order chi connectivity index (χ1) is 20.8. The van der Waals surface area contributed by atoms with Crippen LogP contribution in [0.5, 0.6) is 0 Å². The summed E-state index contributed by atoms with van der Waals surface area (Å²) >= 11 is 3.73. The first kappa shape index (κ1) is 25.7. The summed E-state index contributed by atoms with van der Waals surface area (Å²) in [5.41, 5.74) is 2.77. The smallest absolute Gasteiger partial charge is 0.399 e. The van der Waals surface area contributed by atoms with Gasteiger partial charge >= 0.3 is 7.12 Å². The van der Waals surface area contributed by atoms with Gasteiger partial charge in [0, 0.05) is 40.3 Å². The Morgan fingerprint density at radius 1 is 0.488 bits per heavy atom. The molecule has 0 radical (unpaired) electrons. The van der Waals surface area contributed by atoms with Gasteiger partial charge in [0.1, 0.15) is 0 Å². The second-order valence-electron chi connectivity index (χ2n) is 12.8. The highest BCUT2D eigenvalue weighted by atomic mass is 32.1. The molecule has 1 aliphatic rings. The minimum atomic E-state index is -0.441. The predicted molar refractivity (Wildman–Crippen MR) is 188 cm³/mol. The summed E-state index contributed by atoms with van der Waals surface area (Å²) in [6.45, 7) is 8.52. The lowest BCUT2D eigenvalue weighted by molar-refractivity contribution is 0.00578. The van der Waals surface area contributed by atoms with E-state index >= 15 is 0 Å². The standard InChI is InChI=1S/C38H29BO2S2/c1-37(2)38(3,4)41-39(40-37)36-27-12-8-7-11-26(27)21-34-35(36)30-19-25(14-16-32(30)43-34)24-13-15-31-28(18-24)29-17-22-9-5-6-10-23(22)20-33(29)42-31/h5-21H,1-4H3. The van der Waals surface area contributed by atoms with Crippen molar-refractivity contribution in [2.45, 2.75) is 38.9 Å². The van der Waals surface area contributed by atoms with Crippen molar-refractivity contribution in [2.24, 2.45) is 0 Å². The number of rotatable bonds is 2. The van der Waals surface area contributed by atoms with Crippen molar-refractivity contribution < 1.29 is 9.31 Å². The molecule has 0 aliphatic carbocycles. The SMILES string of the molecule is CC1(C)OB(c2c3ccccc3cc3sc4ccc(-c5ccc6sc7cc8ccccc8cc7c6c5)cc4c23)OC1(C)C. The van der Waals surface area contributed by atoms with Crippen molar-refractivity contribution in [2.75, 3.05) is 0 Å². The van der Waals surface area contributed by atoms with Crippen LogP contribution in [0.1, 0.15) is 27.7 Å². The normalized spacial score (nSPS) is 16.5. The van der Waals surface area contributed by atoms with Crippen molar-refractivity contribution in [3.8, 4) is 11.1 Å². The highest BCUT2D eigenvalue weighted by molar-refractivity contribution is 7.26. The highest BCUT2D eigenvalue weighted by Gasteiger charge is 2.52. The van der Waals surface area contributed by atoms with Gasteiger partial charge < -0.3 is 9.31 Å². The van der Waals surface area contributed by atoms with E-state index in [9.17, 15) is 0 Å². The van der Waals surface area contributed by atoms with Crippen LogP contribution in [0.2, 0.25) is 0 Å². The van der Waals surface area contributed by atoms with Crippen molar-refractivity contribution in [3.05, 3.63) is 103 Å². The van der Waals surface area contributed by atoms with Gasteiger partial charge in [0.15, 0.2) is 0 Å². The summed E-state index contributed by atoms with van der Waals surface area (Å²) < 4.78 is 18.6. The molecule has 2 nitrogen and oxygen atoms in total. The molecule has 1 fully saturated rings. The lowest BCUT2D eigenvalue weighted by Gasteiger charge is -2.32. The molecule has 1 saturated heterocycles. The van der Waals surface area contributed by atoms with Gasteiger partial charge in [0.05, 0.1) is 11.2 Å². The fourth-order valence-corrected chi connectivity index (χ4v) is 8.94.